The van der Waals surface area contributed by atoms with E-state index in [0.29, 0.717) is 43.4 Å². The Morgan fingerprint density at radius 1 is 1.31 bits per heavy atom. The first-order chi connectivity index (χ1) is 14.1. The maximum atomic E-state index is 12.6. The van der Waals surface area contributed by atoms with Crippen molar-refractivity contribution in [3.8, 4) is 6.07 Å². The molecule has 0 N–H and O–H groups in total. The molecule has 5 rings (SSSR count). The molecule has 1 aromatic rings. The van der Waals surface area contributed by atoms with Crippen LogP contribution in [0.15, 0.2) is 0 Å². The molecular weight excluding hydrogens is 418 g/mol. The van der Waals surface area contributed by atoms with Crippen molar-refractivity contribution in [3.63, 3.8) is 0 Å². The monoisotopic (exact) mass is 437 g/mol. The third-order valence-electron chi connectivity index (χ3n) is 6.16. The van der Waals surface area contributed by atoms with Crippen molar-refractivity contribution < 1.29 is 19.1 Å². The number of carbonyl (C=O) groups is 2. The predicted octanol–water partition coefficient (Wildman–Crippen LogP) is 1.46. The lowest BCUT2D eigenvalue weighted by Crippen LogP contribution is -2.47. The Morgan fingerprint density at radius 3 is 2.93 bits per heavy atom. The maximum absolute atomic E-state index is 12.6. The van der Waals surface area contributed by atoms with Crippen molar-refractivity contribution >= 4 is 40.1 Å². The largest absolute Gasteiger partial charge is 0.442 e. The molecule has 0 saturated carbocycles. The fraction of sp³-hybridized carbons (Fsp3) is 0.667. The van der Waals surface area contributed by atoms with Crippen molar-refractivity contribution in [1.82, 2.24) is 14.2 Å². The Hall–Kier alpha value is -2.09. The van der Waals surface area contributed by atoms with Crippen LogP contribution >= 0.6 is 23.1 Å². The topological polar surface area (TPSA) is 99.0 Å². The van der Waals surface area contributed by atoms with Gasteiger partial charge in [0, 0.05) is 26.2 Å². The lowest BCUT2D eigenvalue weighted by atomic mass is 10.1. The molecule has 2 unspecified atom stereocenters. The van der Waals surface area contributed by atoms with Crippen LogP contribution in [0.5, 0.6) is 0 Å². The second-order valence-electron chi connectivity index (χ2n) is 7.80. The Morgan fingerprint density at radius 2 is 2.17 bits per heavy atom. The van der Waals surface area contributed by atoms with Gasteiger partial charge in [-0.25, -0.2) is 4.79 Å². The second-order valence-corrected chi connectivity index (χ2v) is 8.91. The zero-order chi connectivity index (χ0) is 20.1. The number of halogens is 1. The first-order valence-corrected chi connectivity index (χ1v) is 10.9. The molecule has 4 atom stereocenters. The molecule has 11 heteroatoms. The third kappa shape index (κ3) is 3.12. The van der Waals surface area contributed by atoms with E-state index in [-0.39, 0.29) is 41.4 Å². The number of ether oxygens (including phenoxy) is 2. The number of rotatable bonds is 3. The summed E-state index contributed by atoms with van der Waals surface area (Å²) in [5.74, 6) is 0.0279. The van der Waals surface area contributed by atoms with Crippen LogP contribution in [0, 0.1) is 11.3 Å². The number of nitriles is 1. The molecule has 0 spiro atoms. The summed E-state index contributed by atoms with van der Waals surface area (Å²) in [7, 11) is 0. The predicted molar refractivity (Wildman–Crippen MR) is 104 cm³/mol. The summed E-state index contributed by atoms with van der Waals surface area (Å²) >= 11 is 7.19. The van der Waals surface area contributed by atoms with Gasteiger partial charge in [0.05, 0.1) is 18.6 Å². The zero-order valence-electron chi connectivity index (χ0n) is 15.6. The number of nitrogens with zero attached hydrogens (tertiary/aromatic N) is 5. The molecule has 4 aliphatic rings. The number of likely N-dealkylation sites (tertiary alicyclic amines) is 1. The van der Waals surface area contributed by atoms with Crippen molar-refractivity contribution in [3.05, 3.63) is 10.7 Å². The summed E-state index contributed by atoms with van der Waals surface area (Å²) in [6.45, 7) is 2.83. The molecule has 154 valence electrons. The highest BCUT2D eigenvalue weighted by Crippen LogP contribution is 2.38. The van der Waals surface area contributed by atoms with Gasteiger partial charge < -0.3 is 19.3 Å². The fourth-order valence-electron chi connectivity index (χ4n) is 4.77. The number of carbonyl (C=O) groups excluding carboxylic acids is 2. The first-order valence-electron chi connectivity index (χ1n) is 9.76. The Kier molecular flexibility index (Phi) is 4.76. The van der Waals surface area contributed by atoms with Crippen LogP contribution in [0.4, 0.5) is 9.80 Å². The van der Waals surface area contributed by atoms with E-state index < -0.39 is 0 Å². The van der Waals surface area contributed by atoms with Gasteiger partial charge in [-0.2, -0.15) is 9.64 Å². The van der Waals surface area contributed by atoms with Crippen LogP contribution in [0.1, 0.15) is 24.8 Å². The van der Waals surface area contributed by atoms with E-state index in [4.69, 9.17) is 21.1 Å². The lowest BCUT2D eigenvalue weighted by Gasteiger charge is -2.28. The molecule has 4 fully saturated rings. The van der Waals surface area contributed by atoms with E-state index >= 15 is 0 Å². The molecule has 9 nitrogen and oxygen atoms in total. The van der Waals surface area contributed by atoms with E-state index in [1.807, 2.05) is 9.80 Å². The van der Waals surface area contributed by atoms with Crippen LogP contribution in [0.25, 0.3) is 0 Å². The highest BCUT2D eigenvalue weighted by Gasteiger charge is 2.52. The maximum Gasteiger partial charge on any atom is 0.410 e. The van der Waals surface area contributed by atoms with Crippen LogP contribution in [-0.4, -0.2) is 83.3 Å². The van der Waals surface area contributed by atoms with Gasteiger partial charge in [-0.3, -0.25) is 9.69 Å². The summed E-state index contributed by atoms with van der Waals surface area (Å²) in [5, 5.41) is 10.3. The van der Waals surface area contributed by atoms with E-state index in [2.05, 4.69) is 10.4 Å². The van der Waals surface area contributed by atoms with Gasteiger partial charge >= 0.3 is 6.09 Å². The number of hydrogen-bond acceptors (Lipinski definition) is 8. The quantitative estimate of drug-likeness (QED) is 0.705. The van der Waals surface area contributed by atoms with Gasteiger partial charge in [0.2, 0.25) is 0 Å². The number of fused-ring (bicyclic) bond motifs is 1. The van der Waals surface area contributed by atoms with E-state index in [1.54, 1.807) is 4.90 Å². The summed E-state index contributed by atoms with van der Waals surface area (Å²) in [6.07, 6.45) is 1.49. The van der Waals surface area contributed by atoms with Gasteiger partial charge in [-0.1, -0.05) is 11.6 Å². The SMILES string of the molecule is N#Cc1c(Cl)nsc1N1C[C@@H]2OC(=O)N(C3CCN(C(=O)C4CCCO4)C3)[C@@H]2C1. The van der Waals surface area contributed by atoms with Crippen LogP contribution in [-0.2, 0) is 14.3 Å². The highest BCUT2D eigenvalue weighted by molar-refractivity contribution is 7.10. The molecule has 4 saturated heterocycles. The number of aromatic nitrogens is 1. The molecule has 0 aliphatic carbocycles. The van der Waals surface area contributed by atoms with Gasteiger partial charge in [0.25, 0.3) is 5.91 Å². The van der Waals surface area contributed by atoms with E-state index in [9.17, 15) is 14.9 Å². The van der Waals surface area contributed by atoms with Gasteiger partial charge in [0.15, 0.2) is 5.15 Å². The summed E-state index contributed by atoms with van der Waals surface area (Å²) in [6, 6.07) is 1.92. The Balaban J connectivity index is 1.28. The number of amides is 2. The average molecular weight is 438 g/mol. The summed E-state index contributed by atoms with van der Waals surface area (Å²) in [5.41, 5.74) is 0.365. The molecule has 5 heterocycles. The molecule has 2 amide bonds. The normalized spacial score (nSPS) is 31.3. The van der Waals surface area contributed by atoms with Crippen LogP contribution < -0.4 is 4.90 Å². The van der Waals surface area contributed by atoms with Crippen molar-refractivity contribution in [2.45, 2.75) is 43.6 Å². The van der Waals surface area contributed by atoms with E-state index in [1.165, 1.54) is 11.5 Å². The van der Waals surface area contributed by atoms with Crippen molar-refractivity contribution in [2.75, 3.05) is 37.7 Å². The van der Waals surface area contributed by atoms with Crippen molar-refractivity contribution in [2.24, 2.45) is 0 Å². The van der Waals surface area contributed by atoms with Crippen LogP contribution in [0.3, 0.4) is 0 Å². The fourth-order valence-corrected chi connectivity index (χ4v) is 5.82. The average Bonchev–Trinajstić information content (AvgIpc) is 3.49. The molecule has 0 aromatic carbocycles. The van der Waals surface area contributed by atoms with Gasteiger partial charge in [0.1, 0.15) is 28.8 Å². The highest BCUT2D eigenvalue weighted by atomic mass is 35.5. The smallest absolute Gasteiger partial charge is 0.410 e. The minimum Gasteiger partial charge on any atom is -0.442 e. The third-order valence-corrected chi connectivity index (χ3v) is 7.45. The molecular formula is C18H20ClN5O4S. The molecule has 29 heavy (non-hydrogen) atoms. The molecule has 0 bridgehead atoms. The molecule has 1 aromatic heterocycles. The first kappa shape index (κ1) is 18.9. The minimum absolute atomic E-state index is 0.0279. The van der Waals surface area contributed by atoms with Crippen molar-refractivity contribution in [1.29, 1.82) is 5.26 Å². The Bertz CT molecular complexity index is 882. The molecule has 0 radical (unpaired) electrons. The lowest BCUT2D eigenvalue weighted by molar-refractivity contribution is -0.140. The minimum atomic E-state index is -0.338. The molecule has 4 aliphatic heterocycles. The number of hydrogen-bond donors (Lipinski definition) is 0. The van der Waals surface area contributed by atoms with E-state index in [0.717, 1.165) is 19.3 Å². The summed E-state index contributed by atoms with van der Waals surface area (Å²) in [4.78, 5) is 30.8. The number of anilines is 1. The Labute approximate surface area is 176 Å². The van der Waals surface area contributed by atoms with Gasteiger partial charge in [-0.05, 0) is 30.8 Å². The van der Waals surface area contributed by atoms with Crippen LogP contribution in [0.2, 0.25) is 5.15 Å². The summed E-state index contributed by atoms with van der Waals surface area (Å²) < 4.78 is 15.2. The second kappa shape index (κ2) is 7.31. The standard InChI is InChI=1S/C18H20ClN5O4S/c19-15-11(6-20)17(29-21-15)23-8-12-14(9-23)28-18(26)24(12)10-3-4-22(7-10)16(25)13-2-1-5-27-13/h10,12-14H,1-5,7-9H2/t10?,12-,13?,14+/m1/s1. The van der Waals surface area contributed by atoms with Gasteiger partial charge in [-0.15, -0.1) is 0 Å². The zero-order valence-corrected chi connectivity index (χ0v) is 17.2.